The Bertz CT molecular complexity index is 1160. The quantitative estimate of drug-likeness (QED) is 0.314. The number of rotatable bonds is 10. The van der Waals surface area contributed by atoms with Crippen LogP contribution in [0.2, 0.25) is 0 Å². The third-order valence-electron chi connectivity index (χ3n) is 5.25. The van der Waals surface area contributed by atoms with Crippen molar-refractivity contribution >= 4 is 29.0 Å². The summed E-state index contributed by atoms with van der Waals surface area (Å²) in [6, 6.07) is 20.4. The van der Waals surface area contributed by atoms with Crippen molar-refractivity contribution in [2.75, 3.05) is 5.75 Å². The summed E-state index contributed by atoms with van der Waals surface area (Å²) in [5.41, 5.74) is 2.11. The number of thioether (sulfide) groups is 1. The van der Waals surface area contributed by atoms with Gasteiger partial charge in [0.15, 0.2) is 5.16 Å². The number of halogens is 1. The monoisotopic (exact) mass is 480 g/mol. The van der Waals surface area contributed by atoms with Crippen LogP contribution in [0.5, 0.6) is 0 Å². The first-order valence-corrected chi connectivity index (χ1v) is 12.6. The zero-order chi connectivity index (χ0) is 23.0. The highest BCUT2D eigenvalue weighted by Gasteiger charge is 2.16. The van der Waals surface area contributed by atoms with E-state index in [0.29, 0.717) is 6.42 Å². The van der Waals surface area contributed by atoms with Crippen molar-refractivity contribution < 1.29 is 9.18 Å². The second-order valence-electron chi connectivity index (χ2n) is 7.67. The van der Waals surface area contributed by atoms with E-state index in [9.17, 15) is 9.18 Å². The normalized spacial score (nSPS) is 11.9. The SMILES string of the molecule is CC(NC(=O)CSc1nnc(Cc2cccs2)n1CCc1ccccc1)c1ccc(F)cc1. The maximum Gasteiger partial charge on any atom is 0.230 e. The van der Waals surface area contributed by atoms with Gasteiger partial charge < -0.3 is 9.88 Å². The van der Waals surface area contributed by atoms with Crippen molar-refractivity contribution in [2.24, 2.45) is 0 Å². The van der Waals surface area contributed by atoms with Crippen LogP contribution in [0.4, 0.5) is 4.39 Å². The van der Waals surface area contributed by atoms with E-state index < -0.39 is 0 Å². The lowest BCUT2D eigenvalue weighted by Gasteiger charge is -2.14. The van der Waals surface area contributed by atoms with E-state index in [1.807, 2.05) is 31.2 Å². The first-order chi connectivity index (χ1) is 16.1. The largest absolute Gasteiger partial charge is 0.349 e. The fraction of sp³-hybridized carbons (Fsp3) is 0.240. The number of carbonyl (C=O) groups excluding carboxylic acids is 1. The number of hydrogen-bond acceptors (Lipinski definition) is 5. The number of benzene rings is 2. The smallest absolute Gasteiger partial charge is 0.230 e. The molecule has 0 aliphatic carbocycles. The molecule has 2 aromatic heterocycles. The van der Waals surface area contributed by atoms with E-state index in [0.717, 1.165) is 29.5 Å². The highest BCUT2D eigenvalue weighted by Crippen LogP contribution is 2.22. The summed E-state index contributed by atoms with van der Waals surface area (Å²) in [5.74, 6) is 0.736. The lowest BCUT2D eigenvalue weighted by Crippen LogP contribution is -2.28. The van der Waals surface area contributed by atoms with Gasteiger partial charge in [-0.3, -0.25) is 4.79 Å². The highest BCUT2D eigenvalue weighted by atomic mass is 32.2. The molecule has 8 heteroatoms. The van der Waals surface area contributed by atoms with Gasteiger partial charge in [0, 0.05) is 17.8 Å². The average Bonchev–Trinajstić information content (AvgIpc) is 3.47. The number of nitrogens with zero attached hydrogens (tertiary/aromatic N) is 3. The molecule has 1 amide bonds. The molecule has 4 rings (SSSR count). The molecule has 33 heavy (non-hydrogen) atoms. The van der Waals surface area contributed by atoms with Crippen LogP contribution in [0.3, 0.4) is 0 Å². The van der Waals surface area contributed by atoms with Gasteiger partial charge in [0.25, 0.3) is 0 Å². The van der Waals surface area contributed by atoms with Gasteiger partial charge in [-0.25, -0.2) is 4.39 Å². The van der Waals surface area contributed by atoms with Crippen molar-refractivity contribution in [3.05, 3.63) is 99.8 Å². The Balaban J connectivity index is 1.41. The van der Waals surface area contributed by atoms with Crippen LogP contribution in [0.15, 0.2) is 77.3 Å². The molecule has 2 aromatic carbocycles. The minimum absolute atomic E-state index is 0.103. The van der Waals surface area contributed by atoms with Gasteiger partial charge >= 0.3 is 0 Å². The second kappa shape index (κ2) is 11.2. The Kier molecular flexibility index (Phi) is 7.91. The summed E-state index contributed by atoms with van der Waals surface area (Å²) in [5, 5.41) is 14.6. The second-order valence-corrected chi connectivity index (χ2v) is 9.65. The molecule has 0 saturated heterocycles. The minimum atomic E-state index is -0.291. The number of aromatic nitrogens is 3. The molecule has 1 unspecified atom stereocenters. The molecule has 5 nitrogen and oxygen atoms in total. The van der Waals surface area contributed by atoms with E-state index in [1.165, 1.54) is 34.3 Å². The van der Waals surface area contributed by atoms with Crippen LogP contribution in [0.1, 0.15) is 34.8 Å². The third kappa shape index (κ3) is 6.52. The maximum absolute atomic E-state index is 13.1. The molecule has 0 aliphatic rings. The molecule has 2 heterocycles. The van der Waals surface area contributed by atoms with Gasteiger partial charge in [-0.2, -0.15) is 0 Å². The number of amides is 1. The predicted molar refractivity (Wildman–Crippen MR) is 131 cm³/mol. The van der Waals surface area contributed by atoms with Gasteiger partial charge in [-0.05, 0) is 48.1 Å². The Morgan fingerprint density at radius 2 is 1.88 bits per heavy atom. The fourth-order valence-corrected chi connectivity index (χ4v) is 4.98. The van der Waals surface area contributed by atoms with Crippen molar-refractivity contribution in [3.8, 4) is 0 Å². The summed E-state index contributed by atoms with van der Waals surface area (Å²) in [7, 11) is 0. The van der Waals surface area contributed by atoms with Crippen LogP contribution in [0.25, 0.3) is 0 Å². The van der Waals surface area contributed by atoms with Crippen LogP contribution < -0.4 is 5.32 Å². The lowest BCUT2D eigenvalue weighted by molar-refractivity contribution is -0.119. The summed E-state index contributed by atoms with van der Waals surface area (Å²) in [6.07, 6.45) is 1.57. The Hall–Kier alpha value is -2.97. The fourth-order valence-electron chi connectivity index (χ4n) is 3.48. The van der Waals surface area contributed by atoms with Gasteiger partial charge in [0.2, 0.25) is 5.91 Å². The minimum Gasteiger partial charge on any atom is -0.349 e. The molecule has 0 spiro atoms. The van der Waals surface area contributed by atoms with Crippen LogP contribution in [-0.2, 0) is 24.2 Å². The van der Waals surface area contributed by atoms with E-state index in [2.05, 4.69) is 43.7 Å². The lowest BCUT2D eigenvalue weighted by atomic mass is 10.1. The Morgan fingerprint density at radius 1 is 1.09 bits per heavy atom. The van der Waals surface area contributed by atoms with Crippen molar-refractivity contribution in [1.82, 2.24) is 20.1 Å². The first-order valence-electron chi connectivity index (χ1n) is 10.7. The first kappa shape index (κ1) is 23.2. The molecule has 1 atom stereocenters. The van der Waals surface area contributed by atoms with Gasteiger partial charge in [0.1, 0.15) is 11.6 Å². The van der Waals surface area contributed by atoms with Crippen LogP contribution >= 0.6 is 23.1 Å². The summed E-state index contributed by atoms with van der Waals surface area (Å²) in [6.45, 7) is 2.63. The maximum atomic E-state index is 13.1. The number of nitrogens with one attached hydrogen (secondary N) is 1. The van der Waals surface area contributed by atoms with E-state index in [4.69, 9.17) is 0 Å². The summed E-state index contributed by atoms with van der Waals surface area (Å²) in [4.78, 5) is 13.8. The number of hydrogen-bond donors (Lipinski definition) is 1. The summed E-state index contributed by atoms with van der Waals surface area (Å²) >= 11 is 3.08. The number of aryl methyl sites for hydroxylation is 1. The van der Waals surface area contributed by atoms with E-state index >= 15 is 0 Å². The zero-order valence-corrected chi connectivity index (χ0v) is 19.9. The predicted octanol–water partition coefficient (Wildman–Crippen LogP) is 5.28. The van der Waals surface area contributed by atoms with E-state index in [-0.39, 0.29) is 23.5 Å². The molecule has 4 aromatic rings. The Morgan fingerprint density at radius 3 is 2.61 bits per heavy atom. The molecular formula is C25H25FN4OS2. The van der Waals surface area contributed by atoms with Gasteiger partial charge in [-0.1, -0.05) is 60.3 Å². The molecule has 0 saturated carbocycles. The van der Waals surface area contributed by atoms with Crippen molar-refractivity contribution in [1.29, 1.82) is 0 Å². The molecule has 0 fully saturated rings. The standard InChI is InChI=1S/C25H25FN4OS2/c1-18(20-9-11-21(26)12-10-20)27-24(31)17-33-25-29-28-23(16-22-8-5-15-32-22)30(25)14-13-19-6-3-2-4-7-19/h2-12,15,18H,13-14,16-17H2,1H3,(H,27,31). The number of carbonyl (C=O) groups is 1. The van der Waals surface area contributed by atoms with Crippen molar-refractivity contribution in [2.45, 2.75) is 37.5 Å². The zero-order valence-electron chi connectivity index (χ0n) is 18.3. The highest BCUT2D eigenvalue weighted by molar-refractivity contribution is 7.99. The van der Waals surface area contributed by atoms with Gasteiger partial charge in [-0.15, -0.1) is 21.5 Å². The summed E-state index contributed by atoms with van der Waals surface area (Å²) < 4.78 is 15.3. The molecule has 170 valence electrons. The molecule has 0 aliphatic heterocycles. The number of thiophene rings is 1. The van der Waals surface area contributed by atoms with E-state index in [1.54, 1.807) is 23.5 Å². The van der Waals surface area contributed by atoms with Crippen LogP contribution in [0, 0.1) is 5.82 Å². The third-order valence-corrected chi connectivity index (χ3v) is 7.10. The van der Waals surface area contributed by atoms with Crippen LogP contribution in [-0.4, -0.2) is 26.4 Å². The molecule has 1 N–H and O–H groups in total. The Labute approximate surface area is 201 Å². The average molecular weight is 481 g/mol. The molecular weight excluding hydrogens is 455 g/mol. The molecule has 0 bridgehead atoms. The van der Waals surface area contributed by atoms with Gasteiger partial charge in [0.05, 0.1) is 11.8 Å². The van der Waals surface area contributed by atoms with Crippen molar-refractivity contribution in [3.63, 3.8) is 0 Å². The molecule has 0 radical (unpaired) electrons. The topological polar surface area (TPSA) is 59.8 Å².